The van der Waals surface area contributed by atoms with Gasteiger partial charge >= 0.3 is 5.97 Å². The van der Waals surface area contributed by atoms with E-state index in [1.165, 1.54) is 7.11 Å². The monoisotopic (exact) mass is 488 g/mol. The van der Waals surface area contributed by atoms with Crippen molar-refractivity contribution in [3.05, 3.63) is 88.3 Å². The molecule has 178 valence electrons. The summed E-state index contributed by atoms with van der Waals surface area (Å²) in [6.07, 6.45) is 3.88. The SMILES string of the molecule is COC(=O)c1cc2ccsc2c2c1C=CC(c1ccc(OC)cc1)(c1ccc(OC)cc1OC)O2. The summed E-state index contributed by atoms with van der Waals surface area (Å²) in [6, 6.07) is 17.2. The fourth-order valence-corrected chi connectivity index (χ4v) is 5.31. The number of fused-ring (bicyclic) bond motifs is 3. The number of rotatable bonds is 6. The molecule has 3 aromatic carbocycles. The lowest BCUT2D eigenvalue weighted by molar-refractivity contribution is 0.0599. The van der Waals surface area contributed by atoms with Crippen LogP contribution in [0.15, 0.2) is 66.1 Å². The Bertz CT molecular complexity index is 1440. The number of ether oxygens (including phenoxy) is 5. The highest BCUT2D eigenvalue weighted by atomic mass is 32.1. The average molecular weight is 489 g/mol. The van der Waals surface area contributed by atoms with E-state index < -0.39 is 11.6 Å². The van der Waals surface area contributed by atoms with Gasteiger partial charge < -0.3 is 23.7 Å². The standard InChI is InChI=1S/C28H24O6S/c1-30-19-7-5-18(6-8-19)28(23-10-9-20(31-2)16-24(23)32-3)13-11-21-22(27(29)33-4)15-17-12-14-35-26(17)25(21)34-28/h5-16H,1-4H3. The summed E-state index contributed by atoms with van der Waals surface area (Å²) in [5.41, 5.74) is 1.76. The van der Waals surface area contributed by atoms with Crippen LogP contribution in [0.3, 0.4) is 0 Å². The maximum Gasteiger partial charge on any atom is 0.338 e. The van der Waals surface area contributed by atoms with Crippen molar-refractivity contribution in [2.24, 2.45) is 0 Å². The minimum absolute atomic E-state index is 0.415. The second-order valence-corrected chi connectivity index (χ2v) is 8.88. The van der Waals surface area contributed by atoms with E-state index >= 15 is 0 Å². The first-order valence-corrected chi connectivity index (χ1v) is 11.8. The number of benzene rings is 3. The van der Waals surface area contributed by atoms with Crippen molar-refractivity contribution in [2.75, 3.05) is 28.4 Å². The third kappa shape index (κ3) is 3.68. The highest BCUT2D eigenvalue weighted by molar-refractivity contribution is 7.17. The van der Waals surface area contributed by atoms with Gasteiger partial charge in [0, 0.05) is 22.8 Å². The van der Waals surface area contributed by atoms with Crippen molar-refractivity contribution in [2.45, 2.75) is 5.60 Å². The zero-order valence-corrected chi connectivity index (χ0v) is 20.6. The molecule has 1 aliphatic rings. The average Bonchev–Trinajstić information content (AvgIpc) is 3.40. The lowest BCUT2D eigenvalue weighted by Crippen LogP contribution is -2.35. The number of hydrogen-bond donors (Lipinski definition) is 0. The van der Waals surface area contributed by atoms with E-state index in [4.69, 9.17) is 23.7 Å². The largest absolute Gasteiger partial charge is 0.497 e. The Morgan fingerprint density at radius 2 is 1.63 bits per heavy atom. The second-order valence-electron chi connectivity index (χ2n) is 7.96. The van der Waals surface area contributed by atoms with Crippen LogP contribution in [0.4, 0.5) is 0 Å². The quantitative estimate of drug-likeness (QED) is 0.307. The van der Waals surface area contributed by atoms with E-state index in [2.05, 4.69) is 0 Å². The van der Waals surface area contributed by atoms with Gasteiger partial charge in [-0.3, -0.25) is 0 Å². The Labute approximate surface area is 207 Å². The summed E-state index contributed by atoms with van der Waals surface area (Å²) in [5.74, 6) is 2.22. The summed E-state index contributed by atoms with van der Waals surface area (Å²) < 4.78 is 29.5. The molecule has 0 bridgehead atoms. The number of carbonyl (C=O) groups excluding carboxylic acids is 1. The Balaban J connectivity index is 1.79. The number of hydrogen-bond acceptors (Lipinski definition) is 7. The summed E-state index contributed by atoms with van der Waals surface area (Å²) in [7, 11) is 6.24. The maximum atomic E-state index is 12.6. The summed E-state index contributed by atoms with van der Waals surface area (Å²) in [4.78, 5) is 12.6. The van der Waals surface area contributed by atoms with Crippen LogP contribution >= 0.6 is 11.3 Å². The van der Waals surface area contributed by atoms with Crippen LogP contribution < -0.4 is 18.9 Å². The Morgan fingerprint density at radius 1 is 0.886 bits per heavy atom. The third-order valence-electron chi connectivity index (χ3n) is 6.22. The highest BCUT2D eigenvalue weighted by Gasteiger charge is 2.41. The predicted molar refractivity (Wildman–Crippen MR) is 136 cm³/mol. The van der Waals surface area contributed by atoms with E-state index in [1.54, 1.807) is 32.7 Å². The molecule has 2 heterocycles. The van der Waals surface area contributed by atoms with E-state index in [1.807, 2.05) is 72.1 Å². The molecule has 0 fully saturated rings. The van der Waals surface area contributed by atoms with Crippen LogP contribution in [-0.4, -0.2) is 34.4 Å². The molecule has 0 aliphatic carbocycles. The molecule has 7 heteroatoms. The Hall–Kier alpha value is -3.97. The molecule has 35 heavy (non-hydrogen) atoms. The zero-order valence-electron chi connectivity index (χ0n) is 19.8. The number of carbonyl (C=O) groups is 1. The van der Waals surface area contributed by atoms with Crippen LogP contribution in [0.5, 0.6) is 23.0 Å². The van der Waals surface area contributed by atoms with Crippen LogP contribution in [0.2, 0.25) is 0 Å². The third-order valence-corrected chi connectivity index (χ3v) is 7.15. The predicted octanol–water partition coefficient (Wildman–Crippen LogP) is 6.06. The van der Waals surface area contributed by atoms with E-state index in [9.17, 15) is 4.79 Å². The lowest BCUT2D eigenvalue weighted by atomic mass is 9.82. The maximum absolute atomic E-state index is 12.6. The summed E-state index contributed by atoms with van der Waals surface area (Å²) in [6.45, 7) is 0. The van der Waals surface area contributed by atoms with E-state index in [0.717, 1.165) is 27.0 Å². The zero-order chi connectivity index (χ0) is 24.6. The van der Waals surface area contributed by atoms with Crippen molar-refractivity contribution < 1.29 is 28.5 Å². The minimum Gasteiger partial charge on any atom is -0.497 e. The van der Waals surface area contributed by atoms with Gasteiger partial charge in [-0.2, -0.15) is 0 Å². The van der Waals surface area contributed by atoms with Crippen LogP contribution in [-0.2, 0) is 10.3 Å². The van der Waals surface area contributed by atoms with Gasteiger partial charge in [-0.05, 0) is 59.3 Å². The van der Waals surface area contributed by atoms with Gasteiger partial charge in [-0.25, -0.2) is 4.79 Å². The van der Waals surface area contributed by atoms with Crippen molar-refractivity contribution in [3.63, 3.8) is 0 Å². The minimum atomic E-state index is -1.04. The Kier molecular flexibility index (Phi) is 5.86. The normalized spacial score (nSPS) is 16.3. The molecule has 1 aromatic heterocycles. The summed E-state index contributed by atoms with van der Waals surface area (Å²) >= 11 is 1.56. The Morgan fingerprint density at radius 3 is 2.31 bits per heavy atom. The van der Waals surface area contributed by atoms with E-state index in [-0.39, 0.29) is 0 Å². The molecule has 0 spiro atoms. The molecule has 0 radical (unpaired) electrons. The van der Waals surface area contributed by atoms with Gasteiger partial charge in [0.25, 0.3) is 0 Å². The molecular formula is C28H24O6S. The van der Waals surface area contributed by atoms with Gasteiger partial charge in [-0.1, -0.05) is 12.1 Å². The molecule has 0 saturated carbocycles. The molecule has 0 N–H and O–H groups in total. The van der Waals surface area contributed by atoms with Crippen molar-refractivity contribution in [3.8, 4) is 23.0 Å². The fourth-order valence-electron chi connectivity index (χ4n) is 4.44. The number of thiophene rings is 1. The molecule has 6 nitrogen and oxygen atoms in total. The van der Waals surface area contributed by atoms with Crippen LogP contribution in [0.25, 0.3) is 16.2 Å². The molecule has 1 aliphatic heterocycles. The highest BCUT2D eigenvalue weighted by Crippen LogP contribution is 2.50. The van der Waals surface area contributed by atoms with Crippen molar-refractivity contribution in [1.82, 2.24) is 0 Å². The molecule has 1 unspecified atom stereocenters. The number of esters is 1. The van der Waals surface area contributed by atoms with Crippen molar-refractivity contribution in [1.29, 1.82) is 0 Å². The molecule has 0 amide bonds. The van der Waals surface area contributed by atoms with Crippen LogP contribution in [0.1, 0.15) is 27.0 Å². The first kappa shape index (κ1) is 22.8. The fraction of sp³-hybridized carbons (Fsp3) is 0.179. The smallest absolute Gasteiger partial charge is 0.338 e. The topological polar surface area (TPSA) is 63.2 Å². The van der Waals surface area contributed by atoms with Gasteiger partial charge in [0.2, 0.25) is 0 Å². The summed E-state index contributed by atoms with van der Waals surface area (Å²) in [5, 5.41) is 2.89. The first-order chi connectivity index (χ1) is 17.0. The first-order valence-electron chi connectivity index (χ1n) is 10.9. The molecule has 0 saturated heterocycles. The second kappa shape index (κ2) is 9.00. The van der Waals surface area contributed by atoms with Gasteiger partial charge in [-0.15, -0.1) is 11.3 Å². The van der Waals surface area contributed by atoms with E-state index in [0.29, 0.717) is 28.4 Å². The van der Waals surface area contributed by atoms with Gasteiger partial charge in [0.1, 0.15) is 23.0 Å². The molecular weight excluding hydrogens is 464 g/mol. The molecule has 4 aromatic rings. The van der Waals surface area contributed by atoms with Crippen LogP contribution in [0, 0.1) is 0 Å². The van der Waals surface area contributed by atoms with Gasteiger partial charge in [0.15, 0.2) is 5.60 Å². The number of methoxy groups -OCH3 is 4. The molecule has 1 atom stereocenters. The van der Waals surface area contributed by atoms with Crippen molar-refractivity contribution >= 4 is 33.5 Å². The van der Waals surface area contributed by atoms with Gasteiger partial charge in [0.05, 0.1) is 38.7 Å². The molecule has 5 rings (SSSR count). The lowest BCUT2D eigenvalue weighted by Gasteiger charge is -2.37.